The summed E-state index contributed by atoms with van der Waals surface area (Å²) in [4.78, 5) is 31.2. The Hall–Kier alpha value is -1.86. The lowest BCUT2D eigenvalue weighted by atomic mass is 9.89. The zero-order chi connectivity index (χ0) is 18.7. The van der Waals surface area contributed by atoms with Gasteiger partial charge in [-0.15, -0.1) is 0 Å². The quantitative estimate of drug-likeness (QED) is 0.799. The molecule has 0 unspecified atom stereocenters. The van der Waals surface area contributed by atoms with E-state index in [1.54, 1.807) is 4.90 Å². The third-order valence-corrected chi connectivity index (χ3v) is 5.85. The van der Waals surface area contributed by atoms with E-state index in [-0.39, 0.29) is 22.8 Å². The predicted octanol–water partition coefficient (Wildman–Crippen LogP) is 1.14. The molecule has 7 nitrogen and oxygen atoms in total. The molecule has 0 aromatic carbocycles. The summed E-state index contributed by atoms with van der Waals surface area (Å²) in [6.07, 6.45) is 3.18. The van der Waals surface area contributed by atoms with E-state index in [1.165, 1.54) is 19.4 Å². The summed E-state index contributed by atoms with van der Waals surface area (Å²) in [6, 6.07) is 1.76. The lowest BCUT2D eigenvalue weighted by Gasteiger charge is -2.42. The number of likely N-dealkylation sites (tertiary alicyclic amines) is 1. The average molecular weight is 363 g/mol. The monoisotopic (exact) mass is 363 g/mol. The highest BCUT2D eigenvalue weighted by Gasteiger charge is 2.31. The Labute approximate surface area is 154 Å². The van der Waals surface area contributed by atoms with E-state index < -0.39 is 0 Å². The van der Waals surface area contributed by atoms with Crippen LogP contribution in [0.2, 0.25) is 0 Å². The fourth-order valence-corrected chi connectivity index (χ4v) is 3.93. The maximum Gasteiger partial charge on any atom is 0.289 e. The number of hydrogen-bond donors (Lipinski definition) is 0. The van der Waals surface area contributed by atoms with E-state index in [9.17, 15) is 9.59 Å². The standard InChI is InChI=1S/C19H29N3O4/c1-14(21-10-8-20(2)9-11-21)15-4-6-22(7-5-15)19(24)17-12-16(23)18(25-3)13-26-17/h12-15H,4-11H2,1-3H3/t14-/m1/s1. The number of nitrogens with zero attached hydrogens (tertiary/aromatic N) is 3. The van der Waals surface area contributed by atoms with Crippen molar-refractivity contribution < 1.29 is 13.9 Å². The zero-order valence-electron chi connectivity index (χ0n) is 15.9. The molecule has 7 heteroatoms. The smallest absolute Gasteiger partial charge is 0.289 e. The summed E-state index contributed by atoms with van der Waals surface area (Å²) in [5.41, 5.74) is -0.333. The molecule has 0 saturated carbocycles. The third-order valence-electron chi connectivity index (χ3n) is 5.85. The fourth-order valence-electron chi connectivity index (χ4n) is 3.93. The molecule has 3 heterocycles. The second kappa shape index (κ2) is 8.22. The molecule has 1 atom stereocenters. The van der Waals surface area contributed by atoms with Gasteiger partial charge in [0.1, 0.15) is 6.26 Å². The number of piperazine rings is 1. The number of rotatable bonds is 4. The Morgan fingerprint density at radius 1 is 1.19 bits per heavy atom. The van der Waals surface area contributed by atoms with E-state index in [1.807, 2.05) is 0 Å². The number of amides is 1. The number of hydrogen-bond acceptors (Lipinski definition) is 6. The van der Waals surface area contributed by atoms with Gasteiger partial charge in [0.2, 0.25) is 11.2 Å². The number of methoxy groups -OCH3 is 1. The highest BCUT2D eigenvalue weighted by atomic mass is 16.5. The summed E-state index contributed by atoms with van der Waals surface area (Å²) in [5, 5.41) is 0. The molecule has 2 fully saturated rings. The Morgan fingerprint density at radius 3 is 2.42 bits per heavy atom. The molecule has 1 amide bonds. The van der Waals surface area contributed by atoms with E-state index >= 15 is 0 Å². The molecule has 1 aromatic rings. The van der Waals surface area contributed by atoms with Crippen LogP contribution >= 0.6 is 0 Å². The molecule has 0 spiro atoms. The average Bonchev–Trinajstić information content (AvgIpc) is 2.67. The molecule has 3 rings (SSSR count). The van der Waals surface area contributed by atoms with Crippen molar-refractivity contribution in [3.8, 4) is 5.75 Å². The first-order valence-corrected chi connectivity index (χ1v) is 9.38. The highest BCUT2D eigenvalue weighted by molar-refractivity contribution is 5.91. The minimum Gasteiger partial charge on any atom is -0.490 e. The Kier molecular flexibility index (Phi) is 5.98. The number of carbonyl (C=O) groups excluding carboxylic acids is 1. The van der Waals surface area contributed by atoms with Crippen LogP contribution in [0.4, 0.5) is 0 Å². The van der Waals surface area contributed by atoms with Crippen molar-refractivity contribution in [3.05, 3.63) is 28.3 Å². The van der Waals surface area contributed by atoms with Crippen LogP contribution in [0.1, 0.15) is 30.3 Å². The van der Waals surface area contributed by atoms with Crippen molar-refractivity contribution in [1.82, 2.24) is 14.7 Å². The van der Waals surface area contributed by atoms with E-state index in [4.69, 9.17) is 9.15 Å². The van der Waals surface area contributed by atoms with Crippen LogP contribution in [0.25, 0.3) is 0 Å². The third kappa shape index (κ3) is 4.10. The normalized spacial score (nSPS) is 21.6. The summed E-state index contributed by atoms with van der Waals surface area (Å²) in [5.74, 6) is 0.586. The lowest BCUT2D eigenvalue weighted by molar-refractivity contribution is 0.0479. The number of carbonyl (C=O) groups is 1. The van der Waals surface area contributed by atoms with Crippen molar-refractivity contribution >= 4 is 5.91 Å². The second-order valence-electron chi connectivity index (χ2n) is 7.39. The molecule has 0 radical (unpaired) electrons. The minimum absolute atomic E-state index is 0.0846. The SMILES string of the molecule is COc1coc(C(=O)N2CCC([C@@H](C)N3CCN(C)CC3)CC2)cc1=O. The van der Waals surface area contributed by atoms with Gasteiger partial charge in [-0.25, -0.2) is 0 Å². The van der Waals surface area contributed by atoms with Gasteiger partial charge in [-0.3, -0.25) is 14.5 Å². The van der Waals surface area contributed by atoms with Gasteiger partial charge in [0.25, 0.3) is 5.91 Å². The Balaban J connectivity index is 1.55. The first kappa shape index (κ1) is 18.9. The summed E-state index contributed by atoms with van der Waals surface area (Å²) >= 11 is 0. The molecular formula is C19H29N3O4. The van der Waals surface area contributed by atoms with Gasteiger partial charge >= 0.3 is 0 Å². The molecule has 1 aromatic heterocycles. The van der Waals surface area contributed by atoms with Crippen LogP contribution < -0.4 is 10.2 Å². The molecule has 0 bridgehead atoms. The summed E-state index contributed by atoms with van der Waals surface area (Å²) < 4.78 is 10.2. The van der Waals surface area contributed by atoms with Crippen LogP contribution in [0.15, 0.2) is 21.5 Å². The summed E-state index contributed by atoms with van der Waals surface area (Å²) in [6.45, 7) is 8.21. The molecule has 0 aliphatic carbocycles. The van der Waals surface area contributed by atoms with Gasteiger partial charge in [0, 0.05) is 51.4 Å². The summed E-state index contributed by atoms with van der Waals surface area (Å²) in [7, 11) is 3.57. The van der Waals surface area contributed by atoms with Crippen LogP contribution in [-0.2, 0) is 0 Å². The van der Waals surface area contributed by atoms with Gasteiger partial charge in [-0.05, 0) is 32.7 Å². The lowest BCUT2D eigenvalue weighted by Crippen LogP contribution is -2.52. The number of likely N-dealkylation sites (N-methyl/N-ethyl adjacent to an activating group) is 1. The van der Waals surface area contributed by atoms with Crippen molar-refractivity contribution in [1.29, 1.82) is 0 Å². The van der Waals surface area contributed by atoms with Crippen LogP contribution in [0.5, 0.6) is 5.75 Å². The predicted molar refractivity (Wildman–Crippen MR) is 98.7 cm³/mol. The van der Waals surface area contributed by atoms with Gasteiger partial charge in [-0.1, -0.05) is 0 Å². The molecule has 2 aliphatic rings. The first-order valence-electron chi connectivity index (χ1n) is 9.38. The van der Waals surface area contributed by atoms with Gasteiger partial charge < -0.3 is 19.0 Å². The van der Waals surface area contributed by atoms with Gasteiger partial charge in [0.15, 0.2) is 5.76 Å². The molecule has 26 heavy (non-hydrogen) atoms. The number of piperidine rings is 1. The van der Waals surface area contributed by atoms with E-state index in [0.29, 0.717) is 25.0 Å². The first-order chi connectivity index (χ1) is 12.5. The molecule has 2 saturated heterocycles. The highest BCUT2D eigenvalue weighted by Crippen LogP contribution is 2.25. The molecular weight excluding hydrogens is 334 g/mol. The van der Waals surface area contributed by atoms with Crippen molar-refractivity contribution in [2.45, 2.75) is 25.8 Å². The van der Waals surface area contributed by atoms with E-state index in [0.717, 1.165) is 39.0 Å². The number of ether oxygens (including phenoxy) is 1. The maximum atomic E-state index is 12.6. The van der Waals surface area contributed by atoms with Gasteiger partial charge in [0.05, 0.1) is 7.11 Å². The molecule has 144 valence electrons. The molecule has 2 aliphatic heterocycles. The van der Waals surface area contributed by atoms with Crippen LogP contribution in [-0.4, -0.2) is 80.1 Å². The largest absolute Gasteiger partial charge is 0.490 e. The van der Waals surface area contributed by atoms with Crippen molar-refractivity contribution in [2.24, 2.45) is 5.92 Å². The zero-order valence-corrected chi connectivity index (χ0v) is 15.9. The Bertz CT molecular complexity index is 674. The topological polar surface area (TPSA) is 66.2 Å². The van der Waals surface area contributed by atoms with Crippen LogP contribution in [0, 0.1) is 5.92 Å². The van der Waals surface area contributed by atoms with E-state index in [2.05, 4.69) is 23.8 Å². The Morgan fingerprint density at radius 2 is 1.85 bits per heavy atom. The molecule has 0 N–H and O–H groups in total. The van der Waals surface area contributed by atoms with Crippen LogP contribution in [0.3, 0.4) is 0 Å². The van der Waals surface area contributed by atoms with Crippen molar-refractivity contribution in [2.75, 3.05) is 53.4 Å². The maximum absolute atomic E-state index is 12.6. The van der Waals surface area contributed by atoms with Crippen molar-refractivity contribution in [3.63, 3.8) is 0 Å². The van der Waals surface area contributed by atoms with Gasteiger partial charge in [-0.2, -0.15) is 0 Å². The fraction of sp³-hybridized carbons (Fsp3) is 0.684. The second-order valence-corrected chi connectivity index (χ2v) is 7.39. The minimum atomic E-state index is -0.333.